The highest BCUT2D eigenvalue weighted by Crippen LogP contribution is 2.30. The van der Waals surface area contributed by atoms with Crippen LogP contribution in [-0.4, -0.2) is 71.4 Å². The topological polar surface area (TPSA) is 48.8 Å². The second kappa shape index (κ2) is 7.91. The van der Waals surface area contributed by atoms with Gasteiger partial charge in [-0.05, 0) is 57.8 Å². The molecule has 2 aliphatic rings. The summed E-state index contributed by atoms with van der Waals surface area (Å²) in [6.45, 7) is 11.6. The predicted octanol–water partition coefficient (Wildman–Crippen LogP) is 1.94. The SMILES string of the molecule is CC(C)(CN1CCC([C@H](O)c2ccccn2)CC1)N1CCOCC1. The summed E-state index contributed by atoms with van der Waals surface area (Å²) in [5, 5.41) is 10.6. The molecule has 0 amide bonds. The molecular weight excluding hydrogens is 302 g/mol. The van der Waals surface area contributed by atoms with E-state index in [4.69, 9.17) is 4.74 Å². The van der Waals surface area contributed by atoms with Crippen LogP contribution in [0.25, 0.3) is 0 Å². The van der Waals surface area contributed by atoms with Crippen molar-refractivity contribution >= 4 is 0 Å². The van der Waals surface area contributed by atoms with E-state index in [1.807, 2.05) is 18.2 Å². The zero-order valence-corrected chi connectivity index (χ0v) is 15.0. The maximum atomic E-state index is 10.6. The zero-order valence-electron chi connectivity index (χ0n) is 15.0. The van der Waals surface area contributed by atoms with E-state index < -0.39 is 6.10 Å². The van der Waals surface area contributed by atoms with Gasteiger partial charge in [0.05, 0.1) is 25.0 Å². The van der Waals surface area contributed by atoms with E-state index in [1.165, 1.54) is 0 Å². The van der Waals surface area contributed by atoms with Crippen LogP contribution in [0, 0.1) is 5.92 Å². The van der Waals surface area contributed by atoms with Crippen LogP contribution in [0.1, 0.15) is 38.5 Å². The molecule has 1 atom stereocenters. The molecule has 1 aromatic rings. The first-order chi connectivity index (χ1) is 11.6. The van der Waals surface area contributed by atoms with Gasteiger partial charge in [-0.3, -0.25) is 9.88 Å². The van der Waals surface area contributed by atoms with E-state index in [1.54, 1.807) is 6.20 Å². The third-order valence-corrected chi connectivity index (χ3v) is 5.55. The van der Waals surface area contributed by atoms with Crippen LogP contribution in [0.2, 0.25) is 0 Å². The van der Waals surface area contributed by atoms with Gasteiger partial charge < -0.3 is 14.7 Å². The largest absolute Gasteiger partial charge is 0.387 e. The van der Waals surface area contributed by atoms with Crippen LogP contribution in [0.3, 0.4) is 0 Å². The lowest BCUT2D eigenvalue weighted by Crippen LogP contribution is -2.56. The summed E-state index contributed by atoms with van der Waals surface area (Å²) in [6.07, 6.45) is 3.41. The van der Waals surface area contributed by atoms with Crippen LogP contribution in [0.15, 0.2) is 24.4 Å². The number of morpholine rings is 1. The van der Waals surface area contributed by atoms with Crippen LogP contribution in [0.5, 0.6) is 0 Å². The van der Waals surface area contributed by atoms with Gasteiger partial charge in [0.25, 0.3) is 0 Å². The highest BCUT2D eigenvalue weighted by Gasteiger charge is 2.33. The molecule has 1 N–H and O–H groups in total. The Morgan fingerprint density at radius 1 is 1.21 bits per heavy atom. The molecule has 0 spiro atoms. The number of aromatic nitrogens is 1. The van der Waals surface area contributed by atoms with E-state index in [0.717, 1.165) is 64.5 Å². The van der Waals surface area contributed by atoms with Gasteiger partial charge in [0.1, 0.15) is 0 Å². The Kier molecular flexibility index (Phi) is 5.87. The smallest absolute Gasteiger partial charge is 0.0988 e. The van der Waals surface area contributed by atoms with Gasteiger partial charge in [-0.1, -0.05) is 6.07 Å². The van der Waals surface area contributed by atoms with E-state index in [2.05, 4.69) is 28.6 Å². The summed E-state index contributed by atoms with van der Waals surface area (Å²) in [4.78, 5) is 9.41. The van der Waals surface area contributed by atoms with E-state index in [9.17, 15) is 5.11 Å². The minimum absolute atomic E-state index is 0.177. The van der Waals surface area contributed by atoms with Gasteiger partial charge in [-0.2, -0.15) is 0 Å². The molecule has 2 saturated heterocycles. The summed E-state index contributed by atoms with van der Waals surface area (Å²) in [5.74, 6) is 0.322. The number of likely N-dealkylation sites (tertiary alicyclic amines) is 1. The molecule has 1 aromatic heterocycles. The first-order valence-electron chi connectivity index (χ1n) is 9.20. The molecule has 3 heterocycles. The molecule has 0 saturated carbocycles. The molecular formula is C19H31N3O2. The number of piperidine rings is 1. The van der Waals surface area contributed by atoms with Crippen molar-refractivity contribution in [3.05, 3.63) is 30.1 Å². The maximum absolute atomic E-state index is 10.6. The van der Waals surface area contributed by atoms with Crippen molar-refractivity contribution in [2.45, 2.75) is 38.3 Å². The number of hydrogen-bond donors (Lipinski definition) is 1. The summed E-state index contributed by atoms with van der Waals surface area (Å²) < 4.78 is 5.48. The minimum atomic E-state index is -0.430. The zero-order chi connectivity index (χ0) is 17.0. The van der Waals surface area contributed by atoms with Crippen molar-refractivity contribution in [1.82, 2.24) is 14.8 Å². The predicted molar refractivity (Wildman–Crippen MR) is 94.8 cm³/mol. The lowest BCUT2D eigenvalue weighted by atomic mass is 9.88. The molecule has 0 radical (unpaired) electrons. The molecule has 5 heteroatoms. The van der Waals surface area contributed by atoms with Gasteiger partial charge >= 0.3 is 0 Å². The summed E-state index contributed by atoms with van der Waals surface area (Å²) >= 11 is 0. The average molecular weight is 333 g/mol. The second-order valence-electron chi connectivity index (χ2n) is 7.72. The van der Waals surface area contributed by atoms with Crippen LogP contribution >= 0.6 is 0 Å². The van der Waals surface area contributed by atoms with Gasteiger partial charge in [0.15, 0.2) is 0 Å². The van der Waals surface area contributed by atoms with E-state index in [0.29, 0.717) is 5.92 Å². The van der Waals surface area contributed by atoms with Gasteiger partial charge in [-0.15, -0.1) is 0 Å². The molecule has 5 nitrogen and oxygen atoms in total. The van der Waals surface area contributed by atoms with E-state index in [-0.39, 0.29) is 5.54 Å². The fraction of sp³-hybridized carbons (Fsp3) is 0.737. The maximum Gasteiger partial charge on any atom is 0.0988 e. The molecule has 2 aliphatic heterocycles. The fourth-order valence-corrected chi connectivity index (χ4v) is 4.04. The van der Waals surface area contributed by atoms with Gasteiger partial charge in [0.2, 0.25) is 0 Å². The standard InChI is InChI=1S/C19H31N3O2/c1-19(2,22-11-13-24-14-12-22)15-21-9-6-16(7-10-21)18(23)17-5-3-4-8-20-17/h3-5,8,16,18,23H,6-7,9-15H2,1-2H3/t18-/m0/s1. The number of rotatable bonds is 5. The van der Waals surface area contributed by atoms with Crippen molar-refractivity contribution < 1.29 is 9.84 Å². The molecule has 2 fully saturated rings. The number of aliphatic hydroxyl groups is 1. The minimum Gasteiger partial charge on any atom is -0.387 e. The highest BCUT2D eigenvalue weighted by molar-refractivity contribution is 5.08. The van der Waals surface area contributed by atoms with Crippen LogP contribution in [-0.2, 0) is 4.74 Å². The number of ether oxygens (including phenoxy) is 1. The Morgan fingerprint density at radius 3 is 2.54 bits per heavy atom. The van der Waals surface area contributed by atoms with Crippen LogP contribution in [0.4, 0.5) is 0 Å². The molecule has 0 bridgehead atoms. The molecule has 0 aromatic carbocycles. The Balaban J connectivity index is 1.49. The van der Waals surface area contributed by atoms with Crippen molar-refractivity contribution in [3.8, 4) is 0 Å². The average Bonchev–Trinajstić information content (AvgIpc) is 2.63. The van der Waals surface area contributed by atoms with Crippen LogP contribution < -0.4 is 0 Å². The Bertz CT molecular complexity index is 495. The molecule has 134 valence electrons. The van der Waals surface area contributed by atoms with Crippen molar-refractivity contribution in [2.24, 2.45) is 5.92 Å². The van der Waals surface area contributed by atoms with Gasteiger partial charge in [0, 0.05) is 31.4 Å². The lowest BCUT2D eigenvalue weighted by molar-refractivity contribution is -0.0284. The van der Waals surface area contributed by atoms with Crippen molar-refractivity contribution in [1.29, 1.82) is 0 Å². The summed E-state index contributed by atoms with van der Waals surface area (Å²) in [6, 6.07) is 5.77. The van der Waals surface area contributed by atoms with E-state index >= 15 is 0 Å². The van der Waals surface area contributed by atoms with Gasteiger partial charge in [-0.25, -0.2) is 0 Å². The monoisotopic (exact) mass is 333 g/mol. The Morgan fingerprint density at radius 2 is 1.92 bits per heavy atom. The number of hydrogen-bond acceptors (Lipinski definition) is 5. The molecule has 3 rings (SSSR count). The Hall–Kier alpha value is -1.01. The Labute approximate surface area is 145 Å². The highest BCUT2D eigenvalue weighted by atomic mass is 16.5. The number of pyridine rings is 1. The number of aliphatic hydroxyl groups excluding tert-OH is 1. The second-order valence-corrected chi connectivity index (χ2v) is 7.72. The summed E-state index contributed by atoms with van der Waals surface area (Å²) in [5.41, 5.74) is 0.987. The first kappa shape index (κ1) is 17.8. The molecule has 0 unspecified atom stereocenters. The summed E-state index contributed by atoms with van der Waals surface area (Å²) in [7, 11) is 0. The third kappa shape index (κ3) is 4.33. The first-order valence-corrected chi connectivity index (χ1v) is 9.20. The fourth-order valence-electron chi connectivity index (χ4n) is 4.04. The third-order valence-electron chi connectivity index (χ3n) is 5.55. The number of nitrogens with zero attached hydrogens (tertiary/aromatic N) is 3. The lowest BCUT2D eigenvalue weighted by Gasteiger charge is -2.45. The van der Waals surface area contributed by atoms with Crippen molar-refractivity contribution in [2.75, 3.05) is 45.9 Å². The normalized spacial score (nSPS) is 23.3. The molecule has 0 aliphatic carbocycles. The molecule has 24 heavy (non-hydrogen) atoms. The quantitative estimate of drug-likeness (QED) is 0.892. The van der Waals surface area contributed by atoms with Crippen molar-refractivity contribution in [3.63, 3.8) is 0 Å².